The Balaban J connectivity index is 5.28. The Bertz CT molecular complexity index is 1440. The molecule has 0 spiro atoms. The number of ether oxygens (including phenoxy) is 2. The molecule has 0 saturated carbocycles. The molecule has 0 amide bonds. The van der Waals surface area contributed by atoms with Crippen LogP contribution in [0.1, 0.15) is 400 Å². The maximum atomic E-state index is 12.8. The number of aliphatic hydroxyl groups excluding tert-OH is 2. The van der Waals surface area contributed by atoms with Crippen molar-refractivity contribution in [3.8, 4) is 0 Å². The normalized spacial score (nSPS) is 12.5. The van der Waals surface area contributed by atoms with E-state index in [1.807, 2.05) is 0 Å². The average Bonchev–Trinajstić information content (AvgIpc) is 3.64. The number of nitrogens with one attached hydrogen (secondary N) is 1. The Kier molecular flexibility index (Phi) is 74.4. The lowest BCUT2D eigenvalue weighted by atomic mass is 10.0. The van der Waals surface area contributed by atoms with E-state index in [9.17, 15) is 24.6 Å². The number of carbonyl (C=O) groups is 3. The Morgan fingerprint density at radius 2 is 0.560 bits per heavy atom. The lowest BCUT2D eigenvalue weighted by molar-refractivity contribution is -0.144. The van der Waals surface area contributed by atoms with Gasteiger partial charge in [-0.2, -0.15) is 0 Å². The number of carbonyl (C=O) groups excluding carboxylic acids is 3. The van der Waals surface area contributed by atoms with E-state index in [2.05, 4.69) is 47.7 Å². The fourth-order valence-corrected chi connectivity index (χ4v) is 13.2. The van der Waals surface area contributed by atoms with Crippen LogP contribution >= 0.6 is 0 Å². The second-order valence-corrected chi connectivity index (χ2v) is 28.3. The molecule has 91 heavy (non-hydrogen) atoms. The van der Waals surface area contributed by atoms with Gasteiger partial charge in [0.15, 0.2) is 0 Å². The molecule has 542 valence electrons. The zero-order chi connectivity index (χ0) is 66.1. The molecule has 0 aromatic carbocycles. The summed E-state index contributed by atoms with van der Waals surface area (Å²) in [6.07, 6.45) is 71.1. The van der Waals surface area contributed by atoms with Crippen LogP contribution in [0.15, 0.2) is 0 Å². The van der Waals surface area contributed by atoms with Gasteiger partial charge in [0.05, 0.1) is 25.4 Å². The smallest absolute Gasteiger partial charge is 0.305 e. The number of nitrogens with zero attached hydrogens (tertiary/aromatic N) is 3. The van der Waals surface area contributed by atoms with Crippen LogP contribution in [0.4, 0.5) is 0 Å². The molecule has 11 heteroatoms. The highest BCUT2D eigenvalue weighted by atomic mass is 16.5. The van der Waals surface area contributed by atoms with Crippen molar-refractivity contribution in [2.75, 3.05) is 85.2 Å². The van der Waals surface area contributed by atoms with Crippen LogP contribution in [0.2, 0.25) is 0 Å². The van der Waals surface area contributed by atoms with Crippen molar-refractivity contribution in [2.24, 2.45) is 0 Å². The van der Waals surface area contributed by atoms with E-state index in [0.717, 1.165) is 96.8 Å². The fraction of sp³-hybridized carbons (Fsp3) is 0.963. The van der Waals surface area contributed by atoms with Gasteiger partial charge in [-0.25, -0.2) is 0 Å². The summed E-state index contributed by atoms with van der Waals surface area (Å²) >= 11 is 0. The summed E-state index contributed by atoms with van der Waals surface area (Å²) in [6.45, 7) is 18.5. The number of hydrogen-bond acceptors (Lipinski definition) is 11. The van der Waals surface area contributed by atoms with Crippen molar-refractivity contribution in [3.63, 3.8) is 0 Å². The lowest BCUT2D eigenvalue weighted by Gasteiger charge is -2.30. The summed E-state index contributed by atoms with van der Waals surface area (Å²) < 4.78 is 11.2. The van der Waals surface area contributed by atoms with Crippen molar-refractivity contribution in [1.29, 1.82) is 0 Å². The van der Waals surface area contributed by atoms with Crippen molar-refractivity contribution in [2.45, 2.75) is 412 Å². The first-order valence-electron chi connectivity index (χ1n) is 40.8. The number of rotatable bonds is 79. The number of aliphatic hydroxyl groups is 2. The molecule has 0 aromatic heterocycles. The maximum absolute atomic E-state index is 12.8. The summed E-state index contributed by atoms with van der Waals surface area (Å²) in [5, 5.41) is 26.6. The third-order valence-corrected chi connectivity index (χ3v) is 19.0. The van der Waals surface area contributed by atoms with Gasteiger partial charge in [-0.05, 0) is 104 Å². The molecular weight excluding hydrogens is 1130 g/mol. The van der Waals surface area contributed by atoms with Gasteiger partial charge in [-0.15, -0.1) is 0 Å². The van der Waals surface area contributed by atoms with Crippen LogP contribution in [-0.2, 0) is 23.9 Å². The highest BCUT2D eigenvalue weighted by Crippen LogP contribution is 2.18. The molecule has 0 fully saturated rings. The van der Waals surface area contributed by atoms with Gasteiger partial charge in [0, 0.05) is 45.4 Å². The summed E-state index contributed by atoms with van der Waals surface area (Å²) in [4.78, 5) is 43.9. The fourth-order valence-electron chi connectivity index (χ4n) is 13.2. The maximum Gasteiger partial charge on any atom is 0.305 e. The molecule has 2 atom stereocenters. The monoisotopic (exact) mass is 1290 g/mol. The minimum Gasteiger partial charge on any atom is -0.466 e. The molecule has 0 saturated heterocycles. The minimum absolute atomic E-state index is 0.106. The van der Waals surface area contributed by atoms with Gasteiger partial charge in [-0.1, -0.05) is 323 Å². The quantitative estimate of drug-likeness (QED) is 0.0305. The molecule has 0 aliphatic rings. The Morgan fingerprint density at radius 3 is 0.868 bits per heavy atom. The second kappa shape index (κ2) is 75.7. The van der Waals surface area contributed by atoms with Crippen LogP contribution in [0.5, 0.6) is 0 Å². The first kappa shape index (κ1) is 89.4. The van der Waals surface area contributed by atoms with Crippen molar-refractivity contribution < 1.29 is 34.1 Å². The SMILES string of the molecule is CCCCCCCCCCCCCCCOC(=O)CCCNCC(O)CN(CCCCCCCCCCCCCC)CCCCN(CCCCCCCCCCCCCC)CC(O)CN(CCCC=O)CCCC(=O)OCCCCCCCCCCCCCCC. The molecule has 0 aliphatic heterocycles. The van der Waals surface area contributed by atoms with Crippen LogP contribution in [0.25, 0.3) is 0 Å². The van der Waals surface area contributed by atoms with Crippen LogP contribution < -0.4 is 5.32 Å². The van der Waals surface area contributed by atoms with E-state index in [1.54, 1.807) is 0 Å². The van der Waals surface area contributed by atoms with Gasteiger partial charge >= 0.3 is 11.9 Å². The highest BCUT2D eigenvalue weighted by Gasteiger charge is 2.18. The summed E-state index contributed by atoms with van der Waals surface area (Å²) in [5.74, 6) is -0.230. The molecule has 0 aliphatic carbocycles. The van der Waals surface area contributed by atoms with Gasteiger partial charge in [-0.3, -0.25) is 9.59 Å². The Hall–Kier alpha value is -1.63. The third kappa shape index (κ3) is 71.0. The van der Waals surface area contributed by atoms with Crippen molar-refractivity contribution >= 4 is 18.2 Å². The molecule has 3 N–H and O–H groups in total. The predicted octanol–water partition coefficient (Wildman–Crippen LogP) is 21.2. The van der Waals surface area contributed by atoms with Gasteiger partial charge in [0.25, 0.3) is 0 Å². The van der Waals surface area contributed by atoms with Crippen LogP contribution in [0, 0.1) is 0 Å². The number of aldehydes is 1. The van der Waals surface area contributed by atoms with Crippen molar-refractivity contribution in [1.82, 2.24) is 20.0 Å². The summed E-state index contributed by atoms with van der Waals surface area (Å²) in [5.41, 5.74) is 0. The molecule has 2 unspecified atom stereocenters. The van der Waals surface area contributed by atoms with E-state index >= 15 is 0 Å². The molecule has 0 aromatic rings. The largest absolute Gasteiger partial charge is 0.466 e. The zero-order valence-electron chi connectivity index (χ0n) is 61.7. The van der Waals surface area contributed by atoms with Crippen LogP contribution in [0.3, 0.4) is 0 Å². The average molecular weight is 1290 g/mol. The topological polar surface area (TPSA) is 132 Å². The second-order valence-electron chi connectivity index (χ2n) is 28.3. The lowest BCUT2D eigenvalue weighted by Crippen LogP contribution is -2.42. The molecule has 0 radical (unpaired) electrons. The third-order valence-electron chi connectivity index (χ3n) is 19.0. The zero-order valence-corrected chi connectivity index (χ0v) is 61.7. The van der Waals surface area contributed by atoms with Gasteiger partial charge in [0.1, 0.15) is 6.29 Å². The van der Waals surface area contributed by atoms with Crippen molar-refractivity contribution in [3.05, 3.63) is 0 Å². The standard InChI is InChI=1S/C80H160N4O7/c1-5-9-13-17-21-25-29-33-37-41-45-49-57-71-90-79(88)61-59-63-81-73-77(86)74-82(64-51-47-43-39-35-31-27-23-19-15-11-7-3)66-53-54-67-83(65-52-48-44-40-36-32-28-24-20-16-12-8-4)75-78(87)76-84(68-55-56-70-85)69-60-62-80(89)91-72-58-50-46-42-38-34-30-26-22-18-14-10-6-2/h70,77-78,81,86-87H,5-69,71-76H2,1-4H3. The van der Waals surface area contributed by atoms with E-state index in [-0.39, 0.29) is 11.9 Å². The molecule has 11 nitrogen and oxygen atoms in total. The number of esters is 2. The molecule has 0 rings (SSSR count). The minimum atomic E-state index is -0.527. The van der Waals surface area contributed by atoms with E-state index in [1.165, 1.54) is 283 Å². The van der Waals surface area contributed by atoms with Gasteiger partial charge in [0.2, 0.25) is 0 Å². The van der Waals surface area contributed by atoms with E-state index in [4.69, 9.17) is 9.47 Å². The van der Waals surface area contributed by atoms with E-state index < -0.39 is 12.2 Å². The Morgan fingerprint density at radius 1 is 0.319 bits per heavy atom. The first-order chi connectivity index (χ1) is 44.8. The Labute approximate surface area is 567 Å². The molecule has 0 heterocycles. The summed E-state index contributed by atoms with van der Waals surface area (Å²) in [6, 6.07) is 0. The van der Waals surface area contributed by atoms with E-state index in [0.29, 0.717) is 84.6 Å². The summed E-state index contributed by atoms with van der Waals surface area (Å²) in [7, 11) is 0. The first-order valence-corrected chi connectivity index (χ1v) is 40.8. The molecule has 0 bridgehead atoms. The van der Waals surface area contributed by atoms with Gasteiger partial charge < -0.3 is 44.5 Å². The molecular formula is C80H160N4O7. The highest BCUT2D eigenvalue weighted by molar-refractivity contribution is 5.69. The number of hydrogen-bond donors (Lipinski definition) is 3. The number of unbranched alkanes of at least 4 members (excludes halogenated alkanes) is 48. The predicted molar refractivity (Wildman–Crippen MR) is 393 cm³/mol. The van der Waals surface area contributed by atoms with Crippen LogP contribution in [-0.4, -0.2) is 141 Å².